The van der Waals surface area contributed by atoms with Crippen LogP contribution in [0, 0.1) is 6.92 Å². The van der Waals surface area contributed by atoms with Crippen LogP contribution in [0.2, 0.25) is 0 Å². The van der Waals surface area contributed by atoms with Crippen LogP contribution in [0.1, 0.15) is 5.69 Å². The molecule has 0 bridgehead atoms. The standard InChI is InChI=1S/C10H10N2O2/c1-6-5-8(13)10-7(11-6)3-4-9(12-10)14-2/h3-5H,1-2H3,(H,11,13). The molecule has 0 unspecified atom stereocenters. The van der Waals surface area contributed by atoms with Crippen LogP contribution in [0.5, 0.6) is 5.88 Å². The Balaban J connectivity index is 2.82. The second-order valence-corrected chi connectivity index (χ2v) is 3.07. The molecule has 0 aliphatic carbocycles. The van der Waals surface area contributed by atoms with E-state index in [-0.39, 0.29) is 5.43 Å². The summed E-state index contributed by atoms with van der Waals surface area (Å²) in [5.74, 6) is 0.451. The maximum Gasteiger partial charge on any atom is 0.213 e. The molecule has 0 saturated carbocycles. The van der Waals surface area contributed by atoms with Gasteiger partial charge in [0.2, 0.25) is 11.3 Å². The van der Waals surface area contributed by atoms with Gasteiger partial charge in [-0.25, -0.2) is 4.98 Å². The molecule has 0 saturated heterocycles. The average molecular weight is 190 g/mol. The molecule has 0 aliphatic heterocycles. The van der Waals surface area contributed by atoms with Gasteiger partial charge < -0.3 is 9.72 Å². The van der Waals surface area contributed by atoms with Crippen LogP contribution < -0.4 is 10.2 Å². The Hall–Kier alpha value is -1.84. The molecule has 0 fully saturated rings. The van der Waals surface area contributed by atoms with Gasteiger partial charge in [0.05, 0.1) is 12.6 Å². The molecule has 1 N–H and O–H groups in total. The fraction of sp³-hybridized carbons (Fsp3) is 0.200. The number of pyridine rings is 2. The summed E-state index contributed by atoms with van der Waals surface area (Å²) in [6.07, 6.45) is 0. The van der Waals surface area contributed by atoms with E-state index in [0.717, 1.165) is 11.2 Å². The minimum absolute atomic E-state index is 0.0878. The van der Waals surface area contributed by atoms with Gasteiger partial charge in [0.25, 0.3) is 0 Å². The van der Waals surface area contributed by atoms with Crippen LogP contribution in [0.15, 0.2) is 23.0 Å². The number of hydrogen-bond donors (Lipinski definition) is 1. The number of rotatable bonds is 1. The Labute approximate surface area is 80.6 Å². The molecule has 0 amide bonds. The molecule has 4 heteroatoms. The van der Waals surface area contributed by atoms with Crippen molar-refractivity contribution in [3.63, 3.8) is 0 Å². The summed E-state index contributed by atoms with van der Waals surface area (Å²) >= 11 is 0. The van der Waals surface area contributed by atoms with E-state index in [9.17, 15) is 4.79 Å². The zero-order chi connectivity index (χ0) is 10.1. The molecular formula is C10H10N2O2. The molecular weight excluding hydrogens is 180 g/mol. The first-order valence-electron chi connectivity index (χ1n) is 4.25. The number of fused-ring (bicyclic) bond motifs is 1. The lowest BCUT2D eigenvalue weighted by molar-refractivity contribution is 0.399. The van der Waals surface area contributed by atoms with Gasteiger partial charge in [0.1, 0.15) is 5.52 Å². The molecule has 0 aliphatic rings. The van der Waals surface area contributed by atoms with Crippen molar-refractivity contribution in [1.29, 1.82) is 0 Å². The Kier molecular flexibility index (Phi) is 1.96. The van der Waals surface area contributed by atoms with E-state index < -0.39 is 0 Å². The maximum atomic E-state index is 11.5. The Morgan fingerprint density at radius 2 is 2.21 bits per heavy atom. The summed E-state index contributed by atoms with van der Waals surface area (Å²) in [6.45, 7) is 1.84. The quantitative estimate of drug-likeness (QED) is 0.736. The molecule has 0 spiro atoms. The predicted molar refractivity (Wildman–Crippen MR) is 53.7 cm³/mol. The SMILES string of the molecule is COc1ccc2[nH]c(C)cc(=O)c2n1. The van der Waals surface area contributed by atoms with Crippen LogP contribution in [-0.4, -0.2) is 17.1 Å². The van der Waals surface area contributed by atoms with Crippen molar-refractivity contribution in [2.45, 2.75) is 6.92 Å². The van der Waals surface area contributed by atoms with E-state index in [1.54, 1.807) is 12.1 Å². The van der Waals surface area contributed by atoms with Crippen LogP contribution in [0.25, 0.3) is 11.0 Å². The Morgan fingerprint density at radius 1 is 1.43 bits per heavy atom. The van der Waals surface area contributed by atoms with E-state index in [1.165, 1.54) is 13.2 Å². The van der Waals surface area contributed by atoms with Crippen molar-refractivity contribution in [3.8, 4) is 5.88 Å². The van der Waals surface area contributed by atoms with E-state index in [1.807, 2.05) is 6.92 Å². The van der Waals surface area contributed by atoms with Crippen molar-refractivity contribution in [3.05, 3.63) is 34.1 Å². The van der Waals surface area contributed by atoms with E-state index >= 15 is 0 Å². The minimum atomic E-state index is -0.0878. The Bertz CT molecular complexity index is 531. The number of methoxy groups -OCH3 is 1. The number of ether oxygens (including phenoxy) is 1. The highest BCUT2D eigenvalue weighted by atomic mass is 16.5. The van der Waals surface area contributed by atoms with Gasteiger partial charge in [-0.1, -0.05) is 0 Å². The van der Waals surface area contributed by atoms with Gasteiger partial charge in [-0.2, -0.15) is 0 Å². The molecule has 14 heavy (non-hydrogen) atoms. The third-order valence-corrected chi connectivity index (χ3v) is 1.99. The molecule has 4 nitrogen and oxygen atoms in total. The average Bonchev–Trinajstić information content (AvgIpc) is 2.17. The third-order valence-electron chi connectivity index (χ3n) is 1.99. The highest BCUT2D eigenvalue weighted by Crippen LogP contribution is 2.11. The molecule has 0 atom stereocenters. The summed E-state index contributed by atoms with van der Waals surface area (Å²) in [4.78, 5) is 18.7. The summed E-state index contributed by atoms with van der Waals surface area (Å²) in [5.41, 5.74) is 1.88. The lowest BCUT2D eigenvalue weighted by Gasteiger charge is -2.01. The number of aromatic nitrogens is 2. The van der Waals surface area contributed by atoms with Crippen molar-refractivity contribution >= 4 is 11.0 Å². The van der Waals surface area contributed by atoms with Gasteiger partial charge in [0, 0.05) is 17.8 Å². The number of nitrogens with zero attached hydrogens (tertiary/aromatic N) is 1. The highest BCUT2D eigenvalue weighted by molar-refractivity contribution is 5.74. The summed E-state index contributed by atoms with van der Waals surface area (Å²) in [5, 5.41) is 0. The number of H-pyrrole nitrogens is 1. The van der Waals surface area contributed by atoms with Crippen molar-refractivity contribution < 1.29 is 4.74 Å². The third kappa shape index (κ3) is 1.35. The van der Waals surface area contributed by atoms with Crippen LogP contribution >= 0.6 is 0 Å². The maximum absolute atomic E-state index is 11.5. The van der Waals surface area contributed by atoms with Gasteiger partial charge in [-0.3, -0.25) is 4.79 Å². The fourth-order valence-electron chi connectivity index (χ4n) is 1.36. The second-order valence-electron chi connectivity index (χ2n) is 3.07. The number of hydrogen-bond acceptors (Lipinski definition) is 3. The minimum Gasteiger partial charge on any atom is -0.481 e. The first-order valence-corrected chi connectivity index (χ1v) is 4.25. The Morgan fingerprint density at radius 3 is 2.93 bits per heavy atom. The number of nitrogens with one attached hydrogen (secondary N) is 1. The zero-order valence-corrected chi connectivity index (χ0v) is 8.00. The van der Waals surface area contributed by atoms with Crippen LogP contribution in [0.3, 0.4) is 0 Å². The van der Waals surface area contributed by atoms with Crippen molar-refractivity contribution in [1.82, 2.24) is 9.97 Å². The second kappa shape index (κ2) is 3.14. The first-order chi connectivity index (χ1) is 6.70. The fourth-order valence-corrected chi connectivity index (χ4v) is 1.36. The van der Waals surface area contributed by atoms with Crippen LogP contribution in [0.4, 0.5) is 0 Å². The number of aromatic amines is 1. The molecule has 2 heterocycles. The van der Waals surface area contributed by atoms with Crippen molar-refractivity contribution in [2.75, 3.05) is 7.11 Å². The first kappa shape index (κ1) is 8.74. The molecule has 0 aromatic carbocycles. The van der Waals surface area contributed by atoms with Crippen LogP contribution in [-0.2, 0) is 0 Å². The smallest absolute Gasteiger partial charge is 0.213 e. The van der Waals surface area contributed by atoms with E-state index in [2.05, 4.69) is 9.97 Å². The van der Waals surface area contributed by atoms with Gasteiger partial charge in [-0.05, 0) is 13.0 Å². The predicted octanol–water partition coefficient (Wildman–Crippen LogP) is 1.24. The normalized spacial score (nSPS) is 10.4. The molecule has 2 aromatic rings. The van der Waals surface area contributed by atoms with Gasteiger partial charge in [-0.15, -0.1) is 0 Å². The van der Waals surface area contributed by atoms with Gasteiger partial charge in [0.15, 0.2) is 0 Å². The molecule has 2 rings (SSSR count). The molecule has 0 radical (unpaired) electrons. The van der Waals surface area contributed by atoms with Crippen molar-refractivity contribution in [2.24, 2.45) is 0 Å². The lowest BCUT2D eigenvalue weighted by Crippen LogP contribution is -2.05. The lowest BCUT2D eigenvalue weighted by atomic mass is 10.3. The number of aryl methyl sites for hydroxylation is 1. The summed E-state index contributed by atoms with van der Waals surface area (Å²) in [7, 11) is 1.52. The largest absolute Gasteiger partial charge is 0.481 e. The summed E-state index contributed by atoms with van der Waals surface area (Å²) in [6, 6.07) is 5.03. The monoisotopic (exact) mass is 190 g/mol. The molecule has 72 valence electrons. The molecule has 2 aromatic heterocycles. The zero-order valence-electron chi connectivity index (χ0n) is 8.00. The summed E-state index contributed by atoms with van der Waals surface area (Å²) < 4.78 is 4.94. The van der Waals surface area contributed by atoms with E-state index in [4.69, 9.17) is 4.74 Å². The van der Waals surface area contributed by atoms with E-state index in [0.29, 0.717) is 11.4 Å². The van der Waals surface area contributed by atoms with Gasteiger partial charge >= 0.3 is 0 Å². The highest BCUT2D eigenvalue weighted by Gasteiger charge is 2.02. The topological polar surface area (TPSA) is 55.0 Å².